The van der Waals surface area contributed by atoms with Crippen molar-refractivity contribution in [1.82, 2.24) is 0 Å². The van der Waals surface area contributed by atoms with E-state index in [9.17, 15) is 0 Å². The average Bonchev–Trinajstić information content (AvgIpc) is 2.31. The SMILES string of the molecule is C=CC=NC1=C(C)C(C)CC1. The van der Waals surface area contributed by atoms with Crippen LogP contribution in [-0.2, 0) is 0 Å². The quantitative estimate of drug-likeness (QED) is 0.535. The molecule has 0 aliphatic heterocycles. The number of hydrogen-bond donors (Lipinski definition) is 0. The third kappa shape index (κ3) is 1.79. The van der Waals surface area contributed by atoms with Crippen molar-refractivity contribution in [2.75, 3.05) is 0 Å². The molecule has 1 heteroatoms. The molecule has 1 unspecified atom stereocenters. The maximum atomic E-state index is 4.31. The van der Waals surface area contributed by atoms with Gasteiger partial charge >= 0.3 is 0 Å². The molecule has 0 saturated carbocycles. The fraction of sp³-hybridized carbons (Fsp3) is 0.500. The first-order valence-electron chi connectivity index (χ1n) is 4.10. The monoisotopic (exact) mass is 149 g/mol. The molecule has 0 heterocycles. The van der Waals surface area contributed by atoms with Crippen LogP contribution in [0.5, 0.6) is 0 Å². The van der Waals surface area contributed by atoms with E-state index >= 15 is 0 Å². The molecule has 0 fully saturated rings. The normalized spacial score (nSPS) is 25.1. The molecule has 1 nitrogen and oxygen atoms in total. The predicted molar refractivity (Wildman–Crippen MR) is 49.8 cm³/mol. The second-order valence-electron chi connectivity index (χ2n) is 3.08. The van der Waals surface area contributed by atoms with Crippen molar-refractivity contribution >= 4 is 6.21 Å². The number of nitrogens with zero attached hydrogens (tertiary/aromatic N) is 1. The Morgan fingerprint density at radius 2 is 2.36 bits per heavy atom. The molecular formula is C10H15N. The first kappa shape index (κ1) is 8.25. The van der Waals surface area contributed by atoms with E-state index in [1.54, 1.807) is 12.3 Å². The zero-order valence-electron chi connectivity index (χ0n) is 7.30. The van der Waals surface area contributed by atoms with Crippen LogP contribution in [-0.4, -0.2) is 6.21 Å². The first-order valence-corrected chi connectivity index (χ1v) is 4.10. The van der Waals surface area contributed by atoms with Crippen LogP contribution in [0.2, 0.25) is 0 Å². The van der Waals surface area contributed by atoms with Crippen LogP contribution in [0.3, 0.4) is 0 Å². The van der Waals surface area contributed by atoms with E-state index < -0.39 is 0 Å². The molecular weight excluding hydrogens is 134 g/mol. The number of aliphatic imine (C=N–C) groups is 1. The van der Waals surface area contributed by atoms with Crippen molar-refractivity contribution in [2.45, 2.75) is 26.7 Å². The summed E-state index contributed by atoms with van der Waals surface area (Å²) in [6, 6.07) is 0. The van der Waals surface area contributed by atoms with Gasteiger partial charge in [0.05, 0.1) is 0 Å². The Morgan fingerprint density at radius 3 is 2.82 bits per heavy atom. The summed E-state index contributed by atoms with van der Waals surface area (Å²) >= 11 is 0. The van der Waals surface area contributed by atoms with Crippen LogP contribution in [0.15, 0.2) is 28.9 Å². The highest BCUT2D eigenvalue weighted by atomic mass is 14.7. The molecule has 0 saturated heterocycles. The molecule has 0 aromatic rings. The lowest BCUT2D eigenvalue weighted by Crippen LogP contribution is -1.86. The third-order valence-corrected chi connectivity index (χ3v) is 2.34. The van der Waals surface area contributed by atoms with Gasteiger partial charge in [0.1, 0.15) is 0 Å². The Balaban J connectivity index is 2.71. The molecule has 1 atom stereocenters. The fourth-order valence-electron chi connectivity index (χ4n) is 1.36. The molecule has 11 heavy (non-hydrogen) atoms. The first-order chi connectivity index (χ1) is 5.25. The molecule has 0 amide bonds. The van der Waals surface area contributed by atoms with Crippen LogP contribution in [0.4, 0.5) is 0 Å². The summed E-state index contributed by atoms with van der Waals surface area (Å²) in [4.78, 5) is 4.31. The summed E-state index contributed by atoms with van der Waals surface area (Å²) in [6.07, 6.45) is 5.90. The van der Waals surface area contributed by atoms with E-state index in [2.05, 4.69) is 25.4 Å². The standard InChI is InChI=1S/C10H15N/c1-4-7-11-10-6-5-8(2)9(10)3/h4,7-8H,1,5-6H2,2-3H3. The highest BCUT2D eigenvalue weighted by molar-refractivity contribution is 5.71. The summed E-state index contributed by atoms with van der Waals surface area (Å²) < 4.78 is 0. The molecule has 0 spiro atoms. The van der Waals surface area contributed by atoms with Crippen molar-refractivity contribution in [1.29, 1.82) is 0 Å². The number of hydrogen-bond acceptors (Lipinski definition) is 1. The van der Waals surface area contributed by atoms with Gasteiger partial charge in [-0.2, -0.15) is 0 Å². The lowest BCUT2D eigenvalue weighted by atomic mass is 10.1. The van der Waals surface area contributed by atoms with Gasteiger partial charge < -0.3 is 0 Å². The Kier molecular flexibility index (Phi) is 2.64. The highest BCUT2D eigenvalue weighted by Crippen LogP contribution is 2.31. The summed E-state index contributed by atoms with van der Waals surface area (Å²) in [6.45, 7) is 8.02. The Morgan fingerprint density at radius 1 is 1.64 bits per heavy atom. The zero-order valence-corrected chi connectivity index (χ0v) is 7.30. The smallest absolute Gasteiger partial charge is 0.0395 e. The van der Waals surface area contributed by atoms with E-state index in [1.165, 1.54) is 17.7 Å². The van der Waals surface area contributed by atoms with Crippen LogP contribution in [0, 0.1) is 5.92 Å². The van der Waals surface area contributed by atoms with Gasteiger partial charge in [-0.05, 0) is 31.3 Å². The molecule has 0 N–H and O–H groups in total. The Labute approximate surface area is 68.5 Å². The van der Waals surface area contributed by atoms with E-state index in [4.69, 9.17) is 0 Å². The van der Waals surface area contributed by atoms with Gasteiger partial charge in [-0.25, -0.2) is 0 Å². The minimum Gasteiger partial charge on any atom is -0.261 e. The van der Waals surface area contributed by atoms with E-state index in [0.717, 1.165) is 12.3 Å². The summed E-state index contributed by atoms with van der Waals surface area (Å²) in [5, 5.41) is 0. The Hall–Kier alpha value is -0.850. The number of allylic oxidation sites excluding steroid dienone is 3. The molecule has 1 aliphatic carbocycles. The van der Waals surface area contributed by atoms with Gasteiger partial charge in [-0.3, -0.25) is 4.99 Å². The van der Waals surface area contributed by atoms with E-state index in [-0.39, 0.29) is 0 Å². The van der Waals surface area contributed by atoms with Gasteiger partial charge in [0.2, 0.25) is 0 Å². The van der Waals surface area contributed by atoms with Crippen LogP contribution < -0.4 is 0 Å². The van der Waals surface area contributed by atoms with Crippen molar-refractivity contribution in [3.8, 4) is 0 Å². The van der Waals surface area contributed by atoms with Gasteiger partial charge in [0.15, 0.2) is 0 Å². The lowest BCUT2D eigenvalue weighted by molar-refractivity contribution is 0.669. The highest BCUT2D eigenvalue weighted by Gasteiger charge is 2.16. The van der Waals surface area contributed by atoms with Crippen molar-refractivity contribution < 1.29 is 0 Å². The summed E-state index contributed by atoms with van der Waals surface area (Å²) in [7, 11) is 0. The van der Waals surface area contributed by atoms with Crippen molar-refractivity contribution in [3.05, 3.63) is 23.9 Å². The molecule has 60 valence electrons. The van der Waals surface area contributed by atoms with Gasteiger partial charge in [0.25, 0.3) is 0 Å². The van der Waals surface area contributed by atoms with E-state index in [0.29, 0.717) is 0 Å². The second kappa shape index (κ2) is 3.51. The molecule has 0 radical (unpaired) electrons. The largest absolute Gasteiger partial charge is 0.261 e. The topological polar surface area (TPSA) is 12.4 Å². The van der Waals surface area contributed by atoms with Crippen LogP contribution >= 0.6 is 0 Å². The average molecular weight is 149 g/mol. The molecule has 1 rings (SSSR count). The minimum absolute atomic E-state index is 0.729. The fourth-order valence-corrected chi connectivity index (χ4v) is 1.36. The molecule has 0 aromatic carbocycles. The van der Waals surface area contributed by atoms with Crippen LogP contribution in [0.25, 0.3) is 0 Å². The molecule has 0 bridgehead atoms. The van der Waals surface area contributed by atoms with Crippen molar-refractivity contribution in [3.63, 3.8) is 0 Å². The summed E-state index contributed by atoms with van der Waals surface area (Å²) in [5.41, 5.74) is 2.71. The van der Waals surface area contributed by atoms with Crippen molar-refractivity contribution in [2.24, 2.45) is 10.9 Å². The number of rotatable bonds is 2. The zero-order chi connectivity index (χ0) is 8.27. The van der Waals surface area contributed by atoms with Gasteiger partial charge in [0, 0.05) is 11.9 Å². The molecule has 0 aromatic heterocycles. The molecule has 1 aliphatic rings. The summed E-state index contributed by atoms with van der Waals surface area (Å²) in [5.74, 6) is 0.729. The predicted octanol–water partition coefficient (Wildman–Crippen LogP) is 2.95. The maximum Gasteiger partial charge on any atom is 0.0395 e. The van der Waals surface area contributed by atoms with Gasteiger partial charge in [-0.15, -0.1) is 0 Å². The van der Waals surface area contributed by atoms with E-state index in [1.807, 2.05) is 0 Å². The van der Waals surface area contributed by atoms with Gasteiger partial charge in [-0.1, -0.05) is 19.6 Å². The lowest BCUT2D eigenvalue weighted by Gasteiger charge is -2.00. The second-order valence-corrected chi connectivity index (χ2v) is 3.08. The van der Waals surface area contributed by atoms with Crippen LogP contribution in [0.1, 0.15) is 26.7 Å². The Bertz CT molecular complexity index is 211. The maximum absolute atomic E-state index is 4.31. The third-order valence-electron chi connectivity index (χ3n) is 2.34. The minimum atomic E-state index is 0.729.